The minimum absolute atomic E-state index is 0.0821. The highest BCUT2D eigenvalue weighted by Gasteiger charge is 2.40. The first-order valence-electron chi connectivity index (χ1n) is 12.3. The Morgan fingerprint density at radius 1 is 0.944 bits per heavy atom. The number of para-hydroxylation sites is 3. The molecule has 1 aliphatic rings. The summed E-state index contributed by atoms with van der Waals surface area (Å²) in [5, 5.41) is 4.15. The van der Waals surface area contributed by atoms with Crippen LogP contribution in [0.3, 0.4) is 0 Å². The number of aromatic amines is 1. The number of H-pyrrole nitrogens is 1. The third kappa shape index (κ3) is 4.02. The summed E-state index contributed by atoms with van der Waals surface area (Å²) in [6, 6.07) is 25.4. The van der Waals surface area contributed by atoms with E-state index in [-0.39, 0.29) is 18.2 Å². The van der Waals surface area contributed by atoms with E-state index in [9.17, 15) is 9.59 Å². The van der Waals surface area contributed by atoms with Crippen LogP contribution in [0.1, 0.15) is 23.6 Å². The molecule has 0 aliphatic carbocycles. The molecule has 0 fully saturated rings. The molecule has 0 saturated carbocycles. The predicted octanol–water partition coefficient (Wildman–Crippen LogP) is 4.40. The lowest BCUT2D eigenvalue weighted by atomic mass is 10.1. The fourth-order valence-electron chi connectivity index (χ4n) is 5.12. The van der Waals surface area contributed by atoms with Gasteiger partial charge in [-0.05, 0) is 42.2 Å². The first-order chi connectivity index (χ1) is 17.7. The predicted molar refractivity (Wildman–Crippen MR) is 141 cm³/mol. The minimum Gasteiger partial charge on any atom is -0.361 e. The maximum atomic E-state index is 13.6. The zero-order valence-electron chi connectivity index (χ0n) is 19.9. The highest BCUT2D eigenvalue weighted by Crippen LogP contribution is 2.36. The van der Waals surface area contributed by atoms with E-state index in [0.29, 0.717) is 25.5 Å². The van der Waals surface area contributed by atoms with E-state index >= 15 is 0 Å². The summed E-state index contributed by atoms with van der Waals surface area (Å²) >= 11 is 0. The summed E-state index contributed by atoms with van der Waals surface area (Å²) in [6.07, 6.45) is 3.53. The fraction of sp³-hybridized carbons (Fsp3) is 0.207. The summed E-state index contributed by atoms with van der Waals surface area (Å²) in [6.45, 7) is 1.03. The second-order valence-corrected chi connectivity index (χ2v) is 9.18. The SMILES string of the molecule is O=C(C[C@H]1C(=O)N(CCc2c[nH]c3ccccc23)c2nc3ccccc3n21)NCCc1ccccc1. The van der Waals surface area contributed by atoms with Gasteiger partial charge < -0.3 is 10.3 Å². The number of amides is 2. The van der Waals surface area contributed by atoms with Crippen molar-refractivity contribution in [2.24, 2.45) is 0 Å². The molecule has 0 spiro atoms. The average molecular weight is 478 g/mol. The Morgan fingerprint density at radius 3 is 2.61 bits per heavy atom. The molecule has 3 aromatic carbocycles. The van der Waals surface area contributed by atoms with Crippen molar-refractivity contribution in [2.45, 2.75) is 25.3 Å². The van der Waals surface area contributed by atoms with E-state index in [0.717, 1.165) is 33.9 Å². The number of carbonyl (C=O) groups is 2. The third-order valence-electron chi connectivity index (χ3n) is 6.92. The number of nitrogens with zero attached hydrogens (tertiary/aromatic N) is 3. The molecule has 6 rings (SSSR count). The van der Waals surface area contributed by atoms with Crippen LogP contribution in [0.15, 0.2) is 85.1 Å². The molecule has 2 aromatic heterocycles. The molecule has 0 saturated heterocycles. The Labute approximate surface area is 208 Å². The lowest BCUT2D eigenvalue weighted by molar-refractivity contribution is -0.127. The van der Waals surface area contributed by atoms with Crippen molar-refractivity contribution in [3.05, 3.63) is 96.2 Å². The molecule has 180 valence electrons. The number of anilines is 1. The zero-order valence-corrected chi connectivity index (χ0v) is 19.9. The molecule has 36 heavy (non-hydrogen) atoms. The first-order valence-corrected chi connectivity index (χ1v) is 12.3. The monoisotopic (exact) mass is 477 g/mol. The molecule has 5 aromatic rings. The summed E-state index contributed by atoms with van der Waals surface area (Å²) in [5.41, 5.74) is 5.10. The molecular formula is C29H27N5O2. The average Bonchev–Trinajstić information content (AvgIpc) is 3.56. The molecule has 7 nitrogen and oxygen atoms in total. The highest BCUT2D eigenvalue weighted by molar-refractivity contribution is 6.03. The van der Waals surface area contributed by atoms with Gasteiger partial charge in [-0.1, -0.05) is 60.7 Å². The Kier molecular flexibility index (Phi) is 5.73. The van der Waals surface area contributed by atoms with E-state index in [1.807, 2.05) is 83.6 Å². The van der Waals surface area contributed by atoms with Crippen LogP contribution in [0.25, 0.3) is 21.9 Å². The zero-order chi connectivity index (χ0) is 24.5. The summed E-state index contributed by atoms with van der Waals surface area (Å²) in [5.74, 6) is 0.399. The van der Waals surface area contributed by atoms with Gasteiger partial charge in [0.05, 0.1) is 17.5 Å². The fourth-order valence-corrected chi connectivity index (χ4v) is 5.12. The van der Waals surface area contributed by atoms with Gasteiger partial charge in [-0.2, -0.15) is 0 Å². The van der Waals surface area contributed by atoms with Crippen LogP contribution in [0.5, 0.6) is 0 Å². The Hall–Kier alpha value is -4.39. The van der Waals surface area contributed by atoms with Gasteiger partial charge in [-0.25, -0.2) is 4.98 Å². The maximum absolute atomic E-state index is 13.6. The first kappa shape index (κ1) is 22.1. The number of rotatable bonds is 8. The van der Waals surface area contributed by atoms with Gasteiger partial charge in [0.1, 0.15) is 6.04 Å². The number of hydrogen-bond donors (Lipinski definition) is 2. The molecule has 0 bridgehead atoms. The lowest BCUT2D eigenvalue weighted by Gasteiger charge is -2.16. The molecule has 1 aliphatic heterocycles. The molecule has 1 atom stereocenters. The summed E-state index contributed by atoms with van der Waals surface area (Å²) < 4.78 is 1.93. The van der Waals surface area contributed by atoms with Crippen LogP contribution in [0.2, 0.25) is 0 Å². The van der Waals surface area contributed by atoms with Gasteiger partial charge in [-0.3, -0.25) is 19.1 Å². The van der Waals surface area contributed by atoms with Gasteiger partial charge in [0.15, 0.2) is 0 Å². The Balaban J connectivity index is 1.21. The number of benzene rings is 3. The quantitative estimate of drug-likeness (QED) is 0.348. The van der Waals surface area contributed by atoms with Crippen molar-refractivity contribution in [1.29, 1.82) is 0 Å². The van der Waals surface area contributed by atoms with Crippen molar-refractivity contribution in [3.63, 3.8) is 0 Å². The van der Waals surface area contributed by atoms with Gasteiger partial charge in [-0.15, -0.1) is 0 Å². The third-order valence-corrected chi connectivity index (χ3v) is 6.92. The van der Waals surface area contributed by atoms with Crippen molar-refractivity contribution in [1.82, 2.24) is 19.9 Å². The van der Waals surface area contributed by atoms with Crippen LogP contribution in [-0.4, -0.2) is 39.4 Å². The Morgan fingerprint density at radius 2 is 1.72 bits per heavy atom. The topological polar surface area (TPSA) is 83.0 Å². The standard InChI is InChI=1S/C29H27N5O2/c35-27(30-16-14-20-8-2-1-3-9-20)18-26-28(36)33(29-32-24-12-6-7-13-25(24)34(26)29)17-15-21-19-31-23-11-5-4-10-22(21)23/h1-13,19,26,31H,14-18H2,(H,30,35)/t26-/m0/s1. The molecule has 0 radical (unpaired) electrons. The number of imidazole rings is 1. The van der Waals surface area contributed by atoms with Crippen molar-refractivity contribution >= 4 is 39.7 Å². The van der Waals surface area contributed by atoms with Gasteiger partial charge >= 0.3 is 0 Å². The lowest BCUT2D eigenvalue weighted by Crippen LogP contribution is -2.34. The van der Waals surface area contributed by atoms with Crippen LogP contribution in [0, 0.1) is 0 Å². The van der Waals surface area contributed by atoms with Gasteiger partial charge in [0.25, 0.3) is 5.91 Å². The Bertz CT molecular complexity index is 1550. The largest absolute Gasteiger partial charge is 0.361 e. The van der Waals surface area contributed by atoms with E-state index in [1.165, 1.54) is 5.56 Å². The maximum Gasteiger partial charge on any atom is 0.253 e. The number of hydrogen-bond acceptors (Lipinski definition) is 3. The number of nitrogens with one attached hydrogen (secondary N) is 2. The molecule has 3 heterocycles. The van der Waals surface area contributed by atoms with E-state index < -0.39 is 6.04 Å². The van der Waals surface area contributed by atoms with Crippen LogP contribution < -0.4 is 10.2 Å². The van der Waals surface area contributed by atoms with Crippen molar-refractivity contribution < 1.29 is 9.59 Å². The number of aromatic nitrogens is 3. The van der Waals surface area contributed by atoms with Crippen LogP contribution in [-0.2, 0) is 22.4 Å². The molecular weight excluding hydrogens is 450 g/mol. The molecule has 7 heteroatoms. The van der Waals surface area contributed by atoms with E-state index in [2.05, 4.69) is 16.4 Å². The minimum atomic E-state index is -0.605. The summed E-state index contributed by atoms with van der Waals surface area (Å²) in [4.78, 5) is 36.3. The number of carbonyl (C=O) groups excluding carboxylic acids is 2. The van der Waals surface area contributed by atoms with Crippen molar-refractivity contribution in [3.8, 4) is 0 Å². The van der Waals surface area contributed by atoms with Gasteiger partial charge in [0.2, 0.25) is 11.9 Å². The molecule has 2 amide bonds. The van der Waals surface area contributed by atoms with E-state index in [4.69, 9.17) is 4.98 Å². The van der Waals surface area contributed by atoms with Crippen LogP contribution >= 0.6 is 0 Å². The van der Waals surface area contributed by atoms with Crippen molar-refractivity contribution in [2.75, 3.05) is 18.0 Å². The second kappa shape index (κ2) is 9.34. The smallest absolute Gasteiger partial charge is 0.253 e. The molecule has 2 N–H and O–H groups in total. The van der Waals surface area contributed by atoms with Crippen LogP contribution in [0.4, 0.5) is 5.95 Å². The highest BCUT2D eigenvalue weighted by atomic mass is 16.2. The summed E-state index contributed by atoms with van der Waals surface area (Å²) in [7, 11) is 0. The normalized spacial score (nSPS) is 15.1. The van der Waals surface area contributed by atoms with Gasteiger partial charge in [0, 0.05) is 30.2 Å². The second-order valence-electron chi connectivity index (χ2n) is 9.18. The number of fused-ring (bicyclic) bond motifs is 4. The molecule has 0 unspecified atom stereocenters. The van der Waals surface area contributed by atoms with E-state index in [1.54, 1.807) is 4.90 Å².